The van der Waals surface area contributed by atoms with Crippen molar-refractivity contribution in [2.75, 3.05) is 32.1 Å². The number of hydrogen-bond acceptors (Lipinski definition) is 0. The summed E-state index contributed by atoms with van der Waals surface area (Å²) in [5.74, 6) is 0. The van der Waals surface area contributed by atoms with Gasteiger partial charge in [-0.3, -0.25) is 0 Å². The van der Waals surface area contributed by atoms with Crippen LogP contribution in [-0.4, -0.2) is 36.6 Å². The Labute approximate surface area is 95.3 Å². The van der Waals surface area contributed by atoms with Gasteiger partial charge in [0.15, 0.2) is 0 Å². The zero-order valence-corrected chi connectivity index (χ0v) is 11.3. The summed E-state index contributed by atoms with van der Waals surface area (Å²) in [5.41, 5.74) is 0. The van der Waals surface area contributed by atoms with Gasteiger partial charge in [-0.1, -0.05) is 22.6 Å². The van der Waals surface area contributed by atoms with Crippen molar-refractivity contribution in [1.29, 1.82) is 0 Å². The van der Waals surface area contributed by atoms with E-state index in [2.05, 4.69) is 43.7 Å². The molecule has 0 aromatic carbocycles. The molecule has 0 bridgehead atoms. The van der Waals surface area contributed by atoms with E-state index in [1.165, 1.54) is 23.8 Å². The summed E-state index contributed by atoms with van der Waals surface area (Å²) in [6.07, 6.45) is 2.74. The van der Waals surface area contributed by atoms with Gasteiger partial charge in [-0.25, -0.2) is 0 Å². The van der Waals surface area contributed by atoms with E-state index in [9.17, 15) is 0 Å². The van der Waals surface area contributed by atoms with E-state index in [0.717, 1.165) is 4.48 Å². The van der Waals surface area contributed by atoms with Crippen molar-refractivity contribution < 1.29 is 28.5 Å². The standard InChI is InChI=1S/C7H17IN.HI/c1-9(2,3)7-5-4-6-8;/h4-7H2,1-3H3;1H/q+1;/p-1. The van der Waals surface area contributed by atoms with Crippen molar-refractivity contribution in [3.63, 3.8) is 0 Å². The number of unbranched alkanes of at least 4 members (excludes halogenated alkanes) is 1. The molecule has 0 fully saturated rings. The van der Waals surface area contributed by atoms with Gasteiger partial charge in [0, 0.05) is 0 Å². The average Bonchev–Trinajstić information content (AvgIpc) is 1.63. The fourth-order valence-corrected chi connectivity index (χ4v) is 1.22. The lowest BCUT2D eigenvalue weighted by Gasteiger charge is -2.23. The van der Waals surface area contributed by atoms with Crippen molar-refractivity contribution in [3.8, 4) is 0 Å². The van der Waals surface area contributed by atoms with Crippen molar-refractivity contribution in [1.82, 2.24) is 0 Å². The highest BCUT2D eigenvalue weighted by molar-refractivity contribution is 14.1. The van der Waals surface area contributed by atoms with Crippen molar-refractivity contribution >= 4 is 22.6 Å². The minimum Gasteiger partial charge on any atom is -1.00 e. The Kier molecular flexibility index (Phi) is 9.91. The highest BCUT2D eigenvalue weighted by Crippen LogP contribution is 1.99. The van der Waals surface area contributed by atoms with Gasteiger partial charge in [0.05, 0.1) is 27.7 Å². The van der Waals surface area contributed by atoms with Crippen molar-refractivity contribution in [2.24, 2.45) is 0 Å². The largest absolute Gasteiger partial charge is 1.00 e. The summed E-state index contributed by atoms with van der Waals surface area (Å²) < 4.78 is 2.41. The van der Waals surface area contributed by atoms with Crippen LogP contribution in [0.5, 0.6) is 0 Å². The molecule has 0 unspecified atom stereocenters. The maximum absolute atomic E-state index is 2.43. The molecule has 0 heterocycles. The number of nitrogens with zero attached hydrogens (tertiary/aromatic N) is 1. The second-order valence-corrected chi connectivity index (χ2v) is 4.49. The normalized spacial score (nSPS) is 10.8. The van der Waals surface area contributed by atoms with Crippen LogP contribution >= 0.6 is 22.6 Å². The molecule has 0 atom stereocenters. The first-order valence-electron chi connectivity index (χ1n) is 3.43. The molecule has 0 saturated carbocycles. The second-order valence-electron chi connectivity index (χ2n) is 3.41. The number of halogens is 2. The van der Waals surface area contributed by atoms with Crippen molar-refractivity contribution in [3.05, 3.63) is 0 Å². The van der Waals surface area contributed by atoms with Gasteiger partial charge >= 0.3 is 0 Å². The monoisotopic (exact) mass is 369 g/mol. The molecule has 0 aliphatic carbocycles. The molecule has 0 aliphatic heterocycles. The predicted octanol–water partition coefficient (Wildman–Crippen LogP) is -1.09. The van der Waals surface area contributed by atoms with Crippen LogP contribution in [-0.2, 0) is 0 Å². The Morgan fingerprint density at radius 3 is 1.90 bits per heavy atom. The van der Waals surface area contributed by atoms with Crippen LogP contribution < -0.4 is 24.0 Å². The van der Waals surface area contributed by atoms with Crippen LogP contribution in [0.4, 0.5) is 0 Å². The molecular weight excluding hydrogens is 352 g/mol. The Hall–Kier alpha value is 1.42. The van der Waals surface area contributed by atoms with E-state index >= 15 is 0 Å². The first-order chi connectivity index (χ1) is 4.06. The maximum Gasteiger partial charge on any atom is 0.0780 e. The molecule has 0 amide bonds. The van der Waals surface area contributed by atoms with Crippen LogP contribution in [0.2, 0.25) is 0 Å². The smallest absolute Gasteiger partial charge is 0.0780 e. The molecule has 0 aromatic heterocycles. The minimum atomic E-state index is 0. The number of quaternary nitrogens is 1. The summed E-state index contributed by atoms with van der Waals surface area (Å²) in [5, 5.41) is 0. The Morgan fingerprint density at radius 2 is 1.60 bits per heavy atom. The lowest BCUT2D eigenvalue weighted by molar-refractivity contribution is -0.870. The maximum atomic E-state index is 2.43. The van der Waals surface area contributed by atoms with Gasteiger partial charge < -0.3 is 28.5 Å². The average molecular weight is 369 g/mol. The van der Waals surface area contributed by atoms with Crippen LogP contribution in [0.3, 0.4) is 0 Å². The number of hydrogen-bond donors (Lipinski definition) is 0. The molecule has 0 spiro atoms. The minimum absolute atomic E-state index is 0. The summed E-state index contributed by atoms with van der Waals surface area (Å²) in [4.78, 5) is 0. The molecule has 64 valence electrons. The molecule has 0 aromatic rings. The molecule has 0 N–H and O–H groups in total. The second kappa shape index (κ2) is 7.09. The zero-order valence-electron chi connectivity index (χ0n) is 7.03. The third-order valence-electron chi connectivity index (χ3n) is 1.21. The lowest BCUT2D eigenvalue weighted by atomic mass is 10.3. The molecule has 1 nitrogen and oxygen atoms in total. The van der Waals surface area contributed by atoms with Crippen LogP contribution in [0, 0.1) is 0 Å². The van der Waals surface area contributed by atoms with E-state index < -0.39 is 0 Å². The first-order valence-corrected chi connectivity index (χ1v) is 4.95. The van der Waals surface area contributed by atoms with Gasteiger partial charge in [-0.05, 0) is 17.3 Å². The van der Waals surface area contributed by atoms with Gasteiger partial charge in [0.25, 0.3) is 0 Å². The number of rotatable bonds is 4. The van der Waals surface area contributed by atoms with E-state index in [1.54, 1.807) is 0 Å². The first kappa shape index (κ1) is 14.0. The molecule has 3 heteroatoms. The molecular formula is C7H17I2N. The third-order valence-corrected chi connectivity index (χ3v) is 1.98. The van der Waals surface area contributed by atoms with Crippen LogP contribution in [0.25, 0.3) is 0 Å². The van der Waals surface area contributed by atoms with E-state index in [1.807, 2.05) is 0 Å². The Balaban J connectivity index is 0. The Bertz CT molecular complexity index is 68.5. The van der Waals surface area contributed by atoms with Crippen LogP contribution in [0.15, 0.2) is 0 Å². The highest BCUT2D eigenvalue weighted by Gasteiger charge is 2.03. The molecule has 0 rings (SSSR count). The fraction of sp³-hybridized carbons (Fsp3) is 1.00. The highest BCUT2D eigenvalue weighted by atomic mass is 127. The zero-order chi connectivity index (χ0) is 7.33. The van der Waals surface area contributed by atoms with E-state index in [0.29, 0.717) is 0 Å². The lowest BCUT2D eigenvalue weighted by Crippen LogP contribution is -3.00. The quantitative estimate of drug-likeness (QED) is 0.256. The summed E-state index contributed by atoms with van der Waals surface area (Å²) in [7, 11) is 6.73. The van der Waals surface area contributed by atoms with Gasteiger partial charge in [-0.2, -0.15) is 0 Å². The van der Waals surface area contributed by atoms with Gasteiger partial charge in [0.1, 0.15) is 0 Å². The Morgan fingerprint density at radius 1 is 1.10 bits per heavy atom. The number of alkyl halides is 1. The van der Waals surface area contributed by atoms with Gasteiger partial charge in [-0.15, -0.1) is 0 Å². The van der Waals surface area contributed by atoms with Crippen LogP contribution in [0.1, 0.15) is 12.8 Å². The molecule has 0 saturated heterocycles. The van der Waals surface area contributed by atoms with E-state index in [4.69, 9.17) is 0 Å². The van der Waals surface area contributed by atoms with Gasteiger partial charge in [0.2, 0.25) is 0 Å². The molecule has 0 radical (unpaired) electrons. The third kappa shape index (κ3) is 12.1. The molecule has 0 aliphatic rings. The topological polar surface area (TPSA) is 0 Å². The SMILES string of the molecule is C[N+](C)(C)CCCCI.[I-]. The van der Waals surface area contributed by atoms with E-state index in [-0.39, 0.29) is 24.0 Å². The summed E-state index contributed by atoms with van der Waals surface area (Å²) >= 11 is 2.43. The molecule has 10 heavy (non-hydrogen) atoms. The predicted molar refractivity (Wildman–Crippen MR) is 51.0 cm³/mol. The van der Waals surface area contributed by atoms with Crippen molar-refractivity contribution in [2.45, 2.75) is 12.8 Å². The summed E-state index contributed by atoms with van der Waals surface area (Å²) in [6, 6.07) is 0. The fourth-order valence-electron chi connectivity index (χ4n) is 0.681. The summed E-state index contributed by atoms with van der Waals surface area (Å²) in [6.45, 7) is 1.31.